The summed E-state index contributed by atoms with van der Waals surface area (Å²) in [5, 5.41) is 0. The molecule has 0 aliphatic rings. The van der Waals surface area contributed by atoms with Crippen LogP contribution in [0.3, 0.4) is 0 Å². The minimum Gasteiger partial charge on any atom is -0.462 e. The molecule has 0 fully saturated rings. The topological polar surface area (TPSA) is 78.9 Å². The maximum Gasteiger partial charge on any atom is 0.306 e. The Morgan fingerprint density at radius 1 is 0.312 bits per heavy atom. The SMILES string of the molecule is CCCCC/C=C\C/C=C\C/C=C\CCCCCCCCC(=O)OCC(COC(=O)CCCCCCCCCCCCC)OC(=O)CCCCCCCCCCCCCCCCCC. The molecule has 0 aliphatic carbocycles. The molecule has 0 rings (SSSR count). The molecule has 0 aliphatic heterocycles. The summed E-state index contributed by atoms with van der Waals surface area (Å²) >= 11 is 0. The maximum absolute atomic E-state index is 12.8. The summed E-state index contributed by atoms with van der Waals surface area (Å²) in [5.41, 5.74) is 0. The van der Waals surface area contributed by atoms with Crippen molar-refractivity contribution in [3.63, 3.8) is 0 Å². The molecule has 6 nitrogen and oxygen atoms in total. The van der Waals surface area contributed by atoms with Crippen LogP contribution in [0.15, 0.2) is 36.5 Å². The molecule has 6 heteroatoms. The average Bonchev–Trinajstić information content (AvgIpc) is 3.29. The monoisotopic (exact) mass is 899 g/mol. The Morgan fingerprint density at radius 2 is 0.562 bits per heavy atom. The second-order valence-electron chi connectivity index (χ2n) is 18.9. The van der Waals surface area contributed by atoms with Gasteiger partial charge in [0, 0.05) is 19.3 Å². The van der Waals surface area contributed by atoms with Gasteiger partial charge in [-0.05, 0) is 57.8 Å². The maximum atomic E-state index is 12.8. The predicted octanol–water partition coefficient (Wildman–Crippen LogP) is 18.5. The lowest BCUT2D eigenvalue weighted by Crippen LogP contribution is -2.30. The van der Waals surface area contributed by atoms with Gasteiger partial charge in [0.2, 0.25) is 0 Å². The van der Waals surface area contributed by atoms with Gasteiger partial charge in [0.15, 0.2) is 6.10 Å². The van der Waals surface area contributed by atoms with Gasteiger partial charge in [0.25, 0.3) is 0 Å². The van der Waals surface area contributed by atoms with Gasteiger partial charge in [0.05, 0.1) is 0 Å². The highest BCUT2D eigenvalue weighted by atomic mass is 16.6. The number of esters is 3. The fourth-order valence-electron chi connectivity index (χ4n) is 8.16. The molecule has 0 radical (unpaired) electrons. The van der Waals surface area contributed by atoms with E-state index in [0.29, 0.717) is 19.3 Å². The van der Waals surface area contributed by atoms with E-state index in [-0.39, 0.29) is 31.1 Å². The smallest absolute Gasteiger partial charge is 0.306 e. The van der Waals surface area contributed by atoms with E-state index >= 15 is 0 Å². The first-order valence-electron chi connectivity index (χ1n) is 28.0. The van der Waals surface area contributed by atoms with E-state index < -0.39 is 6.10 Å². The van der Waals surface area contributed by atoms with E-state index in [9.17, 15) is 14.4 Å². The first-order chi connectivity index (χ1) is 31.5. The van der Waals surface area contributed by atoms with E-state index in [1.54, 1.807) is 0 Å². The third kappa shape index (κ3) is 50.6. The summed E-state index contributed by atoms with van der Waals surface area (Å²) in [6, 6.07) is 0. The Morgan fingerprint density at radius 3 is 0.906 bits per heavy atom. The normalized spacial score (nSPS) is 12.2. The van der Waals surface area contributed by atoms with Crippen LogP contribution in [0.2, 0.25) is 0 Å². The number of ether oxygens (including phenoxy) is 3. The highest BCUT2D eigenvalue weighted by Crippen LogP contribution is 2.16. The third-order valence-electron chi connectivity index (χ3n) is 12.4. The van der Waals surface area contributed by atoms with Crippen LogP contribution in [0.4, 0.5) is 0 Å². The molecule has 0 saturated heterocycles. The summed E-state index contributed by atoms with van der Waals surface area (Å²) < 4.78 is 16.8. The van der Waals surface area contributed by atoms with Crippen molar-refractivity contribution >= 4 is 17.9 Å². The molecule has 374 valence electrons. The standard InChI is InChI=1S/C58H106O6/c1-4-7-10-13-16-19-22-24-26-28-29-30-32-33-36-39-42-45-48-51-57(60)63-54-55(53-62-56(59)50-47-44-41-38-35-21-18-15-12-9-6-3)64-58(61)52-49-46-43-40-37-34-31-27-25-23-20-17-14-11-8-5-2/h16,19,24,26,29-30,55H,4-15,17-18,20-23,25,27-28,31-54H2,1-3H3/b19-16-,26-24-,30-29-. The van der Waals surface area contributed by atoms with Crippen molar-refractivity contribution in [1.82, 2.24) is 0 Å². The van der Waals surface area contributed by atoms with Gasteiger partial charge in [-0.25, -0.2) is 0 Å². The van der Waals surface area contributed by atoms with E-state index in [1.807, 2.05) is 0 Å². The lowest BCUT2D eigenvalue weighted by atomic mass is 10.0. The van der Waals surface area contributed by atoms with Crippen molar-refractivity contribution in [3.05, 3.63) is 36.5 Å². The number of hydrogen-bond donors (Lipinski definition) is 0. The molecular weight excluding hydrogens is 793 g/mol. The van der Waals surface area contributed by atoms with Crippen LogP contribution >= 0.6 is 0 Å². The van der Waals surface area contributed by atoms with Crippen LogP contribution in [0, 0.1) is 0 Å². The van der Waals surface area contributed by atoms with Crippen molar-refractivity contribution in [2.24, 2.45) is 0 Å². The van der Waals surface area contributed by atoms with Gasteiger partial charge >= 0.3 is 17.9 Å². The Kier molecular flexibility index (Phi) is 51.3. The zero-order valence-electron chi connectivity index (χ0n) is 42.8. The molecule has 0 aromatic heterocycles. The number of allylic oxidation sites excluding steroid dienone is 6. The summed E-state index contributed by atoms with van der Waals surface area (Å²) in [7, 11) is 0. The molecule has 0 aromatic rings. The average molecular weight is 899 g/mol. The number of rotatable bonds is 51. The molecule has 64 heavy (non-hydrogen) atoms. The van der Waals surface area contributed by atoms with Crippen molar-refractivity contribution in [3.8, 4) is 0 Å². The molecule has 1 atom stereocenters. The van der Waals surface area contributed by atoms with Crippen molar-refractivity contribution in [2.75, 3.05) is 13.2 Å². The fraction of sp³-hybridized carbons (Fsp3) is 0.845. The Bertz CT molecular complexity index is 1080. The van der Waals surface area contributed by atoms with Gasteiger partial charge in [0.1, 0.15) is 13.2 Å². The molecule has 1 unspecified atom stereocenters. The second kappa shape index (κ2) is 53.2. The van der Waals surface area contributed by atoms with Crippen LogP contribution in [-0.2, 0) is 28.6 Å². The highest BCUT2D eigenvalue weighted by Gasteiger charge is 2.19. The summed E-state index contributed by atoms with van der Waals surface area (Å²) in [6.45, 7) is 6.63. The predicted molar refractivity (Wildman–Crippen MR) is 275 cm³/mol. The zero-order chi connectivity index (χ0) is 46.5. The Balaban J connectivity index is 4.33. The molecule has 0 N–H and O–H groups in total. The van der Waals surface area contributed by atoms with Crippen LogP contribution in [0.1, 0.15) is 297 Å². The van der Waals surface area contributed by atoms with E-state index in [2.05, 4.69) is 57.2 Å². The van der Waals surface area contributed by atoms with Crippen LogP contribution in [-0.4, -0.2) is 37.2 Å². The molecular formula is C58H106O6. The summed E-state index contributed by atoms with van der Waals surface area (Å²) in [6.07, 6.45) is 62.7. The van der Waals surface area contributed by atoms with E-state index in [1.165, 1.54) is 180 Å². The molecule has 0 heterocycles. The zero-order valence-corrected chi connectivity index (χ0v) is 42.8. The van der Waals surface area contributed by atoms with Crippen molar-refractivity contribution in [2.45, 2.75) is 303 Å². The minimum atomic E-state index is -0.772. The van der Waals surface area contributed by atoms with Crippen LogP contribution in [0.5, 0.6) is 0 Å². The molecule has 0 bridgehead atoms. The quantitative estimate of drug-likeness (QED) is 0.0262. The lowest BCUT2D eigenvalue weighted by Gasteiger charge is -2.18. The van der Waals surface area contributed by atoms with Crippen LogP contribution in [0.25, 0.3) is 0 Å². The molecule has 0 spiro atoms. The van der Waals surface area contributed by atoms with Crippen LogP contribution < -0.4 is 0 Å². The van der Waals surface area contributed by atoms with Gasteiger partial charge < -0.3 is 14.2 Å². The Labute approximate surface area is 397 Å². The lowest BCUT2D eigenvalue weighted by molar-refractivity contribution is -0.167. The number of carbonyl (C=O) groups excluding carboxylic acids is 3. The molecule has 0 amide bonds. The summed E-state index contributed by atoms with van der Waals surface area (Å²) in [5.74, 6) is -0.869. The van der Waals surface area contributed by atoms with Gasteiger partial charge in [-0.2, -0.15) is 0 Å². The van der Waals surface area contributed by atoms with Crippen molar-refractivity contribution in [1.29, 1.82) is 0 Å². The number of hydrogen-bond acceptors (Lipinski definition) is 6. The third-order valence-corrected chi connectivity index (χ3v) is 12.4. The molecule has 0 saturated carbocycles. The Hall–Kier alpha value is -2.37. The van der Waals surface area contributed by atoms with E-state index in [4.69, 9.17) is 14.2 Å². The largest absolute Gasteiger partial charge is 0.462 e. The molecule has 0 aromatic carbocycles. The highest BCUT2D eigenvalue weighted by molar-refractivity contribution is 5.71. The first-order valence-corrected chi connectivity index (χ1v) is 28.0. The second-order valence-corrected chi connectivity index (χ2v) is 18.9. The fourth-order valence-corrected chi connectivity index (χ4v) is 8.16. The number of carbonyl (C=O) groups is 3. The first kappa shape index (κ1) is 61.6. The minimum absolute atomic E-state index is 0.0718. The summed E-state index contributed by atoms with van der Waals surface area (Å²) in [4.78, 5) is 38.0. The van der Waals surface area contributed by atoms with Gasteiger partial charge in [-0.15, -0.1) is 0 Å². The van der Waals surface area contributed by atoms with Gasteiger partial charge in [-0.3, -0.25) is 14.4 Å². The van der Waals surface area contributed by atoms with Crippen molar-refractivity contribution < 1.29 is 28.6 Å². The number of unbranched alkanes of at least 4 members (excludes halogenated alkanes) is 34. The van der Waals surface area contributed by atoms with E-state index in [0.717, 1.165) is 77.0 Å². The van der Waals surface area contributed by atoms with Gasteiger partial charge in [-0.1, -0.05) is 256 Å².